The standard InChI is InChI=1S/C26H26BrClFN3O4S/c1-30-26(34)24(14-18-6-4-3-5-7-18)31(16-19-8-10-20(27)11-9-19)25(33)17-32(37(2,35)36)21-12-13-23(29)22(28)15-21/h3-13,15,24H,14,16-17H2,1-2H3,(H,30,34). The maximum absolute atomic E-state index is 13.8. The van der Waals surface area contributed by atoms with Crippen LogP contribution in [-0.2, 0) is 32.6 Å². The summed E-state index contributed by atoms with van der Waals surface area (Å²) in [7, 11) is -2.49. The van der Waals surface area contributed by atoms with Crippen LogP contribution in [0.1, 0.15) is 11.1 Å². The Hall–Kier alpha value is -2.95. The third-order valence-corrected chi connectivity index (χ3v) is 7.61. The molecular weight excluding hydrogens is 585 g/mol. The highest BCUT2D eigenvalue weighted by molar-refractivity contribution is 9.10. The van der Waals surface area contributed by atoms with E-state index in [4.69, 9.17) is 11.6 Å². The summed E-state index contributed by atoms with van der Waals surface area (Å²) in [6.45, 7) is -0.557. The summed E-state index contributed by atoms with van der Waals surface area (Å²) in [6, 6.07) is 18.9. The maximum Gasteiger partial charge on any atom is 0.244 e. The summed E-state index contributed by atoms with van der Waals surface area (Å²) in [4.78, 5) is 28.2. The molecule has 0 saturated heterocycles. The van der Waals surface area contributed by atoms with E-state index in [9.17, 15) is 22.4 Å². The van der Waals surface area contributed by atoms with Gasteiger partial charge >= 0.3 is 0 Å². The summed E-state index contributed by atoms with van der Waals surface area (Å²) < 4.78 is 40.8. The zero-order valence-electron chi connectivity index (χ0n) is 20.2. The molecule has 0 saturated carbocycles. The zero-order chi connectivity index (χ0) is 27.2. The van der Waals surface area contributed by atoms with Crippen molar-refractivity contribution in [2.45, 2.75) is 19.0 Å². The van der Waals surface area contributed by atoms with Gasteiger partial charge in [0.25, 0.3) is 0 Å². The average Bonchev–Trinajstić information content (AvgIpc) is 2.87. The monoisotopic (exact) mass is 609 g/mol. The zero-order valence-corrected chi connectivity index (χ0v) is 23.4. The van der Waals surface area contributed by atoms with Crippen LogP contribution in [0, 0.1) is 5.82 Å². The predicted octanol–water partition coefficient (Wildman–Crippen LogP) is 4.39. The maximum atomic E-state index is 13.8. The number of likely N-dealkylation sites (N-methyl/N-ethyl adjacent to an activating group) is 1. The Morgan fingerprint density at radius 2 is 1.68 bits per heavy atom. The molecule has 3 rings (SSSR count). The van der Waals surface area contributed by atoms with Crippen molar-refractivity contribution in [2.75, 3.05) is 24.2 Å². The van der Waals surface area contributed by atoms with Gasteiger partial charge in [0.2, 0.25) is 21.8 Å². The molecule has 0 aromatic heterocycles. The second-order valence-electron chi connectivity index (χ2n) is 8.34. The van der Waals surface area contributed by atoms with Gasteiger partial charge in [0.1, 0.15) is 18.4 Å². The molecule has 0 aliphatic carbocycles. The minimum atomic E-state index is -3.97. The fraction of sp³-hybridized carbons (Fsp3) is 0.231. The average molecular weight is 611 g/mol. The molecule has 7 nitrogen and oxygen atoms in total. The van der Waals surface area contributed by atoms with E-state index in [2.05, 4.69) is 21.2 Å². The molecular formula is C26H26BrClFN3O4S. The molecule has 0 spiro atoms. The molecule has 0 aliphatic rings. The number of benzene rings is 3. The molecule has 3 aromatic rings. The topological polar surface area (TPSA) is 86.8 Å². The number of hydrogen-bond acceptors (Lipinski definition) is 4. The summed E-state index contributed by atoms with van der Waals surface area (Å²) in [6.07, 6.45) is 1.15. The lowest BCUT2D eigenvalue weighted by Gasteiger charge is -2.33. The minimum absolute atomic E-state index is 0.0328. The van der Waals surface area contributed by atoms with Gasteiger partial charge < -0.3 is 10.2 Å². The molecule has 1 atom stereocenters. The van der Waals surface area contributed by atoms with E-state index >= 15 is 0 Å². The first kappa shape index (κ1) is 28.6. The van der Waals surface area contributed by atoms with Crippen molar-refractivity contribution in [3.63, 3.8) is 0 Å². The first-order valence-electron chi connectivity index (χ1n) is 11.2. The largest absolute Gasteiger partial charge is 0.357 e. The minimum Gasteiger partial charge on any atom is -0.357 e. The Kier molecular flexibility index (Phi) is 9.69. The lowest BCUT2D eigenvalue weighted by Crippen LogP contribution is -2.52. The molecule has 0 heterocycles. The normalized spacial score (nSPS) is 12.0. The summed E-state index contributed by atoms with van der Waals surface area (Å²) in [5, 5.41) is 2.33. The van der Waals surface area contributed by atoms with Gasteiger partial charge in [-0.15, -0.1) is 0 Å². The van der Waals surface area contributed by atoms with E-state index < -0.39 is 40.2 Å². The van der Waals surface area contributed by atoms with Crippen LogP contribution in [0.15, 0.2) is 77.3 Å². The number of anilines is 1. The SMILES string of the molecule is CNC(=O)C(Cc1ccccc1)N(Cc1ccc(Br)cc1)C(=O)CN(c1ccc(F)c(Cl)c1)S(C)(=O)=O. The lowest BCUT2D eigenvalue weighted by atomic mass is 10.0. The number of nitrogens with zero attached hydrogens (tertiary/aromatic N) is 2. The van der Waals surface area contributed by atoms with E-state index in [0.717, 1.165) is 38.3 Å². The predicted molar refractivity (Wildman–Crippen MR) is 146 cm³/mol. The molecule has 0 aliphatic heterocycles. The van der Waals surface area contributed by atoms with E-state index in [0.29, 0.717) is 0 Å². The van der Waals surface area contributed by atoms with E-state index in [1.54, 1.807) is 0 Å². The van der Waals surface area contributed by atoms with Crippen molar-refractivity contribution < 1.29 is 22.4 Å². The Morgan fingerprint density at radius 3 is 2.24 bits per heavy atom. The van der Waals surface area contributed by atoms with Gasteiger partial charge in [-0.25, -0.2) is 12.8 Å². The van der Waals surface area contributed by atoms with Crippen LogP contribution in [0.5, 0.6) is 0 Å². The Labute approximate surface area is 229 Å². The van der Waals surface area contributed by atoms with Crippen LogP contribution >= 0.6 is 27.5 Å². The second kappa shape index (κ2) is 12.5. The quantitative estimate of drug-likeness (QED) is 0.369. The molecule has 11 heteroatoms. The van der Waals surface area contributed by atoms with Crippen molar-refractivity contribution >= 4 is 55.1 Å². The molecule has 0 fully saturated rings. The van der Waals surface area contributed by atoms with Crippen molar-refractivity contribution in [3.8, 4) is 0 Å². The molecule has 0 radical (unpaired) electrons. The number of sulfonamides is 1. The second-order valence-corrected chi connectivity index (χ2v) is 11.6. The number of amides is 2. The van der Waals surface area contributed by atoms with Gasteiger partial charge in [0.05, 0.1) is 17.0 Å². The van der Waals surface area contributed by atoms with Crippen molar-refractivity contribution in [1.82, 2.24) is 10.2 Å². The molecule has 3 aromatic carbocycles. The highest BCUT2D eigenvalue weighted by Crippen LogP contribution is 2.25. The molecule has 2 amide bonds. The van der Waals surface area contributed by atoms with Crippen LogP contribution in [0.4, 0.5) is 10.1 Å². The molecule has 37 heavy (non-hydrogen) atoms. The van der Waals surface area contributed by atoms with Gasteiger partial charge in [0, 0.05) is 24.5 Å². The van der Waals surface area contributed by atoms with Crippen molar-refractivity contribution in [1.29, 1.82) is 0 Å². The first-order chi connectivity index (χ1) is 17.5. The summed E-state index contributed by atoms with van der Waals surface area (Å²) >= 11 is 9.26. The Balaban J connectivity index is 2.03. The molecule has 1 unspecified atom stereocenters. The molecule has 196 valence electrons. The summed E-state index contributed by atoms with van der Waals surface area (Å²) in [5.41, 5.74) is 1.61. The number of carbonyl (C=O) groups excluding carboxylic acids is 2. The van der Waals surface area contributed by atoms with Crippen molar-refractivity contribution in [3.05, 3.63) is 99.2 Å². The Morgan fingerprint density at radius 1 is 1.03 bits per heavy atom. The van der Waals surface area contributed by atoms with Gasteiger partial charge in [-0.2, -0.15) is 0 Å². The van der Waals surface area contributed by atoms with Crippen LogP contribution in [0.2, 0.25) is 5.02 Å². The van der Waals surface area contributed by atoms with Gasteiger partial charge in [-0.1, -0.05) is 70.0 Å². The van der Waals surface area contributed by atoms with Gasteiger partial charge in [0.15, 0.2) is 0 Å². The van der Waals surface area contributed by atoms with E-state index in [1.807, 2.05) is 54.6 Å². The lowest BCUT2D eigenvalue weighted by molar-refractivity contribution is -0.139. The van der Waals surface area contributed by atoms with E-state index in [-0.39, 0.29) is 23.7 Å². The molecule has 1 N–H and O–H groups in total. The third kappa shape index (κ3) is 7.77. The number of carbonyl (C=O) groups is 2. The van der Waals surface area contributed by atoms with Gasteiger partial charge in [-0.3, -0.25) is 13.9 Å². The van der Waals surface area contributed by atoms with Crippen LogP contribution in [-0.4, -0.2) is 51.0 Å². The third-order valence-electron chi connectivity index (χ3n) is 5.65. The van der Waals surface area contributed by atoms with E-state index in [1.165, 1.54) is 18.0 Å². The molecule has 0 bridgehead atoms. The number of hydrogen-bond donors (Lipinski definition) is 1. The highest BCUT2D eigenvalue weighted by Gasteiger charge is 2.32. The highest BCUT2D eigenvalue weighted by atomic mass is 79.9. The van der Waals surface area contributed by atoms with Crippen LogP contribution in [0.3, 0.4) is 0 Å². The Bertz CT molecular complexity index is 1360. The summed E-state index contributed by atoms with van der Waals surface area (Å²) in [5.74, 6) is -1.73. The number of nitrogens with one attached hydrogen (secondary N) is 1. The van der Waals surface area contributed by atoms with Crippen LogP contribution in [0.25, 0.3) is 0 Å². The van der Waals surface area contributed by atoms with Crippen molar-refractivity contribution in [2.24, 2.45) is 0 Å². The fourth-order valence-corrected chi connectivity index (χ4v) is 5.04. The number of rotatable bonds is 10. The van der Waals surface area contributed by atoms with Gasteiger partial charge in [-0.05, 0) is 41.5 Å². The first-order valence-corrected chi connectivity index (χ1v) is 14.2. The smallest absolute Gasteiger partial charge is 0.244 e. The fourth-order valence-electron chi connectivity index (χ4n) is 3.76. The van der Waals surface area contributed by atoms with Crippen LogP contribution < -0.4 is 9.62 Å². The number of halogens is 3.